The van der Waals surface area contributed by atoms with Crippen molar-refractivity contribution in [3.05, 3.63) is 12.7 Å². The second-order valence-electron chi connectivity index (χ2n) is 2.22. The Bertz CT molecular complexity index is 134. The molecule has 3 nitrogen and oxygen atoms in total. The number of carbonyl (C=O) groups is 1. The molecule has 0 aromatic rings. The van der Waals surface area contributed by atoms with E-state index in [1.807, 2.05) is 0 Å². The summed E-state index contributed by atoms with van der Waals surface area (Å²) in [4.78, 5) is 10.2. The third-order valence-electron chi connectivity index (χ3n) is 1.06. The first-order valence-corrected chi connectivity index (χ1v) is 2.64. The van der Waals surface area contributed by atoms with E-state index in [4.69, 9.17) is 10.8 Å². The van der Waals surface area contributed by atoms with Crippen molar-refractivity contribution in [1.29, 1.82) is 0 Å². The van der Waals surface area contributed by atoms with Crippen LogP contribution in [0.5, 0.6) is 0 Å². The van der Waals surface area contributed by atoms with Crippen LogP contribution >= 0.6 is 0 Å². The van der Waals surface area contributed by atoms with Crippen molar-refractivity contribution in [2.75, 3.05) is 0 Å². The predicted octanol–water partition coefficient (Wildman–Crippen LogP) is -0.284. The molecule has 0 aromatic heterocycles. The summed E-state index contributed by atoms with van der Waals surface area (Å²) in [6.45, 7) is 4.84. The summed E-state index contributed by atoms with van der Waals surface area (Å²) in [5.74, 6) is -0.998. The molecule has 4 heteroatoms. The van der Waals surface area contributed by atoms with Crippen LogP contribution in [-0.2, 0) is 4.79 Å². The zero-order valence-corrected chi connectivity index (χ0v) is 5.42. The quantitative estimate of drug-likeness (QED) is 0.433. The summed E-state index contributed by atoms with van der Waals surface area (Å²) in [5.41, 5.74) is 4.15. The molecule has 0 aliphatic carbocycles. The fourth-order valence-electron chi connectivity index (χ4n) is 0.387. The van der Waals surface area contributed by atoms with Gasteiger partial charge in [-0.2, -0.15) is 0 Å². The predicted molar refractivity (Wildman–Crippen MR) is 42.2 cm³/mol. The van der Waals surface area contributed by atoms with E-state index in [0.29, 0.717) is 6.42 Å². The number of hydrogen-bond donors (Lipinski definition) is 2. The third-order valence-corrected chi connectivity index (χ3v) is 1.06. The van der Waals surface area contributed by atoms with Gasteiger partial charge in [-0.1, -0.05) is 6.08 Å². The van der Waals surface area contributed by atoms with Gasteiger partial charge in [-0.3, -0.25) is 4.79 Å². The summed E-state index contributed by atoms with van der Waals surface area (Å²) in [5, 5.41) is 8.40. The van der Waals surface area contributed by atoms with Gasteiger partial charge >= 0.3 is 35.5 Å². The van der Waals surface area contributed by atoms with E-state index < -0.39 is 11.5 Å². The Kier molecular flexibility index (Phi) is 6.29. The molecule has 1 unspecified atom stereocenters. The first-order chi connectivity index (χ1) is 4.00. The first kappa shape index (κ1) is 12.8. The van der Waals surface area contributed by atoms with E-state index in [1.165, 1.54) is 13.0 Å². The van der Waals surface area contributed by atoms with Crippen molar-refractivity contribution in [2.45, 2.75) is 18.9 Å². The van der Waals surface area contributed by atoms with Crippen LogP contribution in [0.25, 0.3) is 0 Å². The molecular weight excluding hydrogens is 141 g/mol. The first-order valence-electron chi connectivity index (χ1n) is 2.64. The van der Waals surface area contributed by atoms with Crippen molar-refractivity contribution >= 4 is 35.5 Å². The minimum absolute atomic E-state index is 0. The van der Waals surface area contributed by atoms with E-state index in [1.54, 1.807) is 0 Å². The third kappa shape index (κ3) is 4.06. The van der Waals surface area contributed by atoms with E-state index >= 15 is 0 Å². The molecule has 0 saturated carbocycles. The van der Waals surface area contributed by atoms with E-state index in [2.05, 4.69) is 6.58 Å². The van der Waals surface area contributed by atoms with Crippen LogP contribution in [-0.4, -0.2) is 46.2 Å². The number of aliphatic carboxylic acids is 1. The Morgan fingerprint density at radius 2 is 2.30 bits per heavy atom. The topological polar surface area (TPSA) is 63.3 Å². The van der Waals surface area contributed by atoms with Crippen LogP contribution in [0.4, 0.5) is 0 Å². The van der Waals surface area contributed by atoms with Gasteiger partial charge in [0, 0.05) is 0 Å². The van der Waals surface area contributed by atoms with Gasteiger partial charge in [-0.15, -0.1) is 6.58 Å². The summed E-state index contributed by atoms with van der Waals surface area (Å²) >= 11 is 0. The van der Waals surface area contributed by atoms with Crippen molar-refractivity contribution in [2.24, 2.45) is 5.73 Å². The number of hydrogen-bond acceptors (Lipinski definition) is 2. The Labute approximate surface area is 82.6 Å². The Hall–Kier alpha value is 0.170. The fraction of sp³-hybridized carbons (Fsp3) is 0.500. The molecule has 0 fully saturated rings. The van der Waals surface area contributed by atoms with Crippen LogP contribution in [0.1, 0.15) is 13.3 Å². The summed E-state index contributed by atoms with van der Waals surface area (Å²) in [7, 11) is 0. The average Bonchev–Trinajstić information content (AvgIpc) is 1.65. The molecule has 0 heterocycles. The maximum absolute atomic E-state index is 10.2. The van der Waals surface area contributed by atoms with Gasteiger partial charge in [0.1, 0.15) is 5.54 Å². The van der Waals surface area contributed by atoms with Crippen molar-refractivity contribution in [1.82, 2.24) is 0 Å². The van der Waals surface area contributed by atoms with E-state index in [9.17, 15) is 4.79 Å². The SMILES string of the molecule is C=CCC(C)(N)C(=O)O.[NaH]. The van der Waals surface area contributed by atoms with Gasteiger partial charge < -0.3 is 10.8 Å². The Morgan fingerprint density at radius 1 is 1.90 bits per heavy atom. The maximum atomic E-state index is 10.2. The summed E-state index contributed by atoms with van der Waals surface area (Å²) in [6.07, 6.45) is 1.79. The molecule has 54 valence electrons. The molecule has 0 amide bonds. The normalized spacial score (nSPS) is 14.6. The molecule has 0 saturated heterocycles. The Morgan fingerprint density at radius 3 is 2.40 bits per heavy atom. The molecular formula is C6H12NNaO2. The molecule has 1 atom stereocenters. The van der Waals surface area contributed by atoms with Crippen LogP contribution in [0, 0.1) is 0 Å². The molecule has 10 heavy (non-hydrogen) atoms. The molecule has 0 bridgehead atoms. The number of carboxylic acids is 1. The molecule has 3 N–H and O–H groups in total. The molecule has 0 aliphatic rings. The van der Waals surface area contributed by atoms with Gasteiger partial charge in [-0.25, -0.2) is 0 Å². The molecule has 0 radical (unpaired) electrons. The molecule has 0 aliphatic heterocycles. The van der Waals surface area contributed by atoms with Crippen LogP contribution in [0.2, 0.25) is 0 Å². The average molecular weight is 153 g/mol. The molecule has 0 rings (SSSR count). The number of nitrogens with two attached hydrogens (primary N) is 1. The Balaban J connectivity index is 0. The number of rotatable bonds is 3. The summed E-state index contributed by atoms with van der Waals surface area (Å²) < 4.78 is 0. The second kappa shape index (κ2) is 4.91. The second-order valence-corrected chi connectivity index (χ2v) is 2.22. The zero-order valence-electron chi connectivity index (χ0n) is 5.42. The number of carboxylic acid groups (broad SMARTS) is 1. The van der Waals surface area contributed by atoms with E-state index in [0.717, 1.165) is 0 Å². The molecule has 0 spiro atoms. The van der Waals surface area contributed by atoms with Crippen molar-refractivity contribution in [3.8, 4) is 0 Å². The standard InChI is InChI=1S/C6H11NO2.Na.H/c1-3-4-6(2,7)5(8)9;;/h3H,1,4,7H2,2H3,(H,8,9);;. The molecule has 0 aromatic carbocycles. The van der Waals surface area contributed by atoms with Gasteiger partial charge in [0.15, 0.2) is 0 Å². The van der Waals surface area contributed by atoms with Gasteiger partial charge in [0.25, 0.3) is 0 Å². The van der Waals surface area contributed by atoms with Crippen LogP contribution < -0.4 is 5.73 Å². The summed E-state index contributed by atoms with van der Waals surface area (Å²) in [6, 6.07) is 0. The van der Waals surface area contributed by atoms with Gasteiger partial charge in [0.2, 0.25) is 0 Å². The minimum atomic E-state index is -1.15. The van der Waals surface area contributed by atoms with Crippen molar-refractivity contribution in [3.63, 3.8) is 0 Å². The van der Waals surface area contributed by atoms with Crippen LogP contribution in [0.3, 0.4) is 0 Å². The van der Waals surface area contributed by atoms with E-state index in [-0.39, 0.29) is 29.6 Å². The zero-order chi connectivity index (χ0) is 7.49. The van der Waals surface area contributed by atoms with Gasteiger partial charge in [0.05, 0.1) is 0 Å². The monoisotopic (exact) mass is 153 g/mol. The van der Waals surface area contributed by atoms with Crippen LogP contribution in [0.15, 0.2) is 12.7 Å². The van der Waals surface area contributed by atoms with Gasteiger partial charge in [-0.05, 0) is 13.3 Å². The fourth-order valence-corrected chi connectivity index (χ4v) is 0.387. The van der Waals surface area contributed by atoms with Crippen molar-refractivity contribution < 1.29 is 9.90 Å².